The van der Waals surface area contributed by atoms with Crippen molar-refractivity contribution in [3.8, 4) is 23.0 Å². The number of pyridine rings is 1. The molecule has 314 valence electrons. The number of ether oxygens (including phenoxy) is 2. The standard InChI is InChI=1S/C45H35N3O14/c1-5-18(2)25-15-23-31(43(57)48(25)17-28(50)47-16-24(44(58)59)46-42(56)19(47)3)37(52)29-21(36(23)51)11-12-22-30(29)38(53)34-35(41(22)61-4)40(55)33-27(14-13-26(49)32(33)39(34)54)62-45(60)20-9-7-6-8-10-20/h6-15,18-19,24,49,53H,5,16-17H2,1-4H3,(H,46,56)(H,58,59). The minimum absolute atomic E-state index is 0.116. The highest BCUT2D eigenvalue weighted by Crippen LogP contribution is 2.44. The van der Waals surface area contributed by atoms with Gasteiger partial charge in [0, 0.05) is 32.6 Å². The number of nitrogens with zero attached hydrogens (tertiary/aromatic N) is 2. The summed E-state index contributed by atoms with van der Waals surface area (Å²) in [6, 6.07) is 11.3. The van der Waals surface area contributed by atoms with E-state index in [1.54, 1.807) is 32.0 Å². The molecule has 3 unspecified atom stereocenters. The summed E-state index contributed by atoms with van der Waals surface area (Å²) >= 11 is 0. The fourth-order valence-electron chi connectivity index (χ4n) is 8.33. The average Bonchev–Trinajstić information content (AvgIpc) is 3.25. The molecule has 2 heterocycles. The number of phenols is 2. The number of phenolic OH excluding ortho intramolecular Hbond substituents is 2. The fourth-order valence-corrected chi connectivity index (χ4v) is 8.33. The van der Waals surface area contributed by atoms with Crippen molar-refractivity contribution >= 4 is 77.6 Å². The van der Waals surface area contributed by atoms with Crippen molar-refractivity contribution in [1.29, 1.82) is 0 Å². The van der Waals surface area contributed by atoms with Crippen molar-refractivity contribution in [1.82, 2.24) is 14.8 Å². The van der Waals surface area contributed by atoms with Gasteiger partial charge in [0.05, 0.1) is 46.1 Å². The zero-order valence-electron chi connectivity index (χ0n) is 33.4. The van der Waals surface area contributed by atoms with E-state index in [1.165, 1.54) is 37.3 Å². The maximum Gasteiger partial charge on any atom is 0.343 e. The molecule has 4 N–H and O–H groups in total. The summed E-state index contributed by atoms with van der Waals surface area (Å²) in [4.78, 5) is 125. The first-order valence-electron chi connectivity index (χ1n) is 19.3. The van der Waals surface area contributed by atoms with Gasteiger partial charge in [-0.05, 0) is 61.7 Å². The molecular formula is C45H35N3O14. The fraction of sp³-hybridized carbons (Fsp3) is 0.222. The second-order valence-corrected chi connectivity index (χ2v) is 15.1. The number of hydrogen-bond acceptors (Lipinski definition) is 13. The molecule has 62 heavy (non-hydrogen) atoms. The van der Waals surface area contributed by atoms with Crippen LogP contribution in [0.5, 0.6) is 23.0 Å². The van der Waals surface area contributed by atoms with Crippen LogP contribution in [0.25, 0.3) is 53.9 Å². The second kappa shape index (κ2) is 14.9. The van der Waals surface area contributed by atoms with E-state index in [2.05, 4.69) is 5.32 Å². The predicted octanol–water partition coefficient (Wildman–Crippen LogP) is 2.88. The second-order valence-electron chi connectivity index (χ2n) is 15.1. The Kier molecular flexibility index (Phi) is 9.84. The van der Waals surface area contributed by atoms with Crippen LogP contribution in [-0.2, 0) is 20.9 Å². The Morgan fingerprint density at radius 2 is 1.45 bits per heavy atom. The molecule has 17 nitrogen and oxygen atoms in total. The van der Waals surface area contributed by atoms with Gasteiger partial charge in [-0.2, -0.15) is 0 Å². The number of aromatic hydroxyl groups is 2. The first kappa shape index (κ1) is 40.8. The van der Waals surface area contributed by atoms with Gasteiger partial charge >= 0.3 is 11.9 Å². The minimum atomic E-state index is -1.42. The summed E-state index contributed by atoms with van der Waals surface area (Å²) in [6.45, 7) is 3.76. The smallest absolute Gasteiger partial charge is 0.343 e. The maximum absolute atomic E-state index is 14.8. The zero-order valence-corrected chi connectivity index (χ0v) is 33.4. The van der Waals surface area contributed by atoms with Crippen LogP contribution < -0.4 is 42.1 Å². The lowest BCUT2D eigenvalue weighted by molar-refractivity contribution is -0.151. The minimum Gasteiger partial charge on any atom is -0.507 e. The van der Waals surface area contributed by atoms with Crippen molar-refractivity contribution in [3.05, 3.63) is 123 Å². The molecule has 2 amide bonds. The first-order chi connectivity index (χ1) is 29.5. The monoisotopic (exact) mass is 841 g/mol. The number of fused-ring (bicyclic) bond motifs is 6. The molecule has 3 atom stereocenters. The van der Waals surface area contributed by atoms with Gasteiger partial charge in [0.15, 0.2) is 5.43 Å². The van der Waals surface area contributed by atoms with E-state index >= 15 is 0 Å². The Balaban J connectivity index is 1.42. The number of aliphatic carboxylic acids is 1. The molecule has 0 bridgehead atoms. The lowest BCUT2D eigenvalue weighted by atomic mass is 9.91. The van der Waals surface area contributed by atoms with E-state index in [-0.39, 0.29) is 38.9 Å². The van der Waals surface area contributed by atoms with E-state index in [0.29, 0.717) is 6.42 Å². The summed E-state index contributed by atoms with van der Waals surface area (Å²) in [7, 11) is 1.15. The molecule has 1 fully saturated rings. The molecule has 0 radical (unpaired) electrons. The van der Waals surface area contributed by atoms with Crippen LogP contribution in [0, 0.1) is 0 Å². The SMILES string of the molecule is CCC(C)c1cc2c(=O)c3ccc4c(OC)c5c(=O)c6c(OC(=O)c7ccccc7)ccc(O)c6c(=O)c5c(O)c4c3c(=O)c2c(=O)n1CC(=O)N1CC(C(=O)O)NC(=O)C1C. The predicted molar refractivity (Wildman–Crippen MR) is 226 cm³/mol. The maximum atomic E-state index is 14.8. The number of esters is 1. The number of amides is 2. The van der Waals surface area contributed by atoms with Crippen LogP contribution in [0.3, 0.4) is 0 Å². The number of carbonyl (C=O) groups is 4. The van der Waals surface area contributed by atoms with Crippen molar-refractivity contribution in [2.45, 2.75) is 51.7 Å². The van der Waals surface area contributed by atoms with E-state index < -0.39 is 131 Å². The van der Waals surface area contributed by atoms with Gasteiger partial charge in [-0.15, -0.1) is 0 Å². The van der Waals surface area contributed by atoms with Crippen LogP contribution >= 0.6 is 0 Å². The summed E-state index contributed by atoms with van der Waals surface area (Å²) in [5.41, 5.74) is -4.76. The molecule has 0 spiro atoms. The summed E-state index contributed by atoms with van der Waals surface area (Å²) in [6.07, 6.45) is 0.417. The molecule has 6 aromatic carbocycles. The third kappa shape index (κ3) is 6.02. The number of aromatic nitrogens is 1. The average molecular weight is 842 g/mol. The number of carboxylic acids is 1. The Bertz CT molecular complexity index is 3440. The highest BCUT2D eigenvalue weighted by Gasteiger charge is 2.38. The van der Waals surface area contributed by atoms with Crippen LogP contribution in [0.4, 0.5) is 0 Å². The lowest BCUT2D eigenvalue weighted by Crippen LogP contribution is -2.63. The normalized spacial score (nSPS) is 15.9. The van der Waals surface area contributed by atoms with E-state index in [0.717, 1.165) is 28.7 Å². The van der Waals surface area contributed by atoms with Gasteiger partial charge in [0.2, 0.25) is 28.1 Å². The summed E-state index contributed by atoms with van der Waals surface area (Å²) in [5, 5.41) is 30.3. The zero-order chi connectivity index (χ0) is 44.6. The van der Waals surface area contributed by atoms with Crippen LogP contribution in [0.1, 0.15) is 49.2 Å². The molecule has 1 aromatic heterocycles. The number of hydrogen-bond donors (Lipinski definition) is 4. The molecule has 0 saturated carbocycles. The number of carbonyl (C=O) groups excluding carboxylic acids is 3. The van der Waals surface area contributed by atoms with Crippen molar-refractivity contribution in [3.63, 3.8) is 0 Å². The topological polar surface area (TPSA) is 253 Å². The third-order valence-electron chi connectivity index (χ3n) is 11.7. The first-order valence-corrected chi connectivity index (χ1v) is 19.3. The Morgan fingerprint density at radius 3 is 2.11 bits per heavy atom. The number of methoxy groups -OCH3 is 1. The van der Waals surface area contributed by atoms with Crippen LogP contribution in [-0.4, -0.2) is 74.3 Å². The molecule has 1 aliphatic heterocycles. The largest absolute Gasteiger partial charge is 0.507 e. The Hall–Kier alpha value is -7.95. The lowest BCUT2D eigenvalue weighted by Gasteiger charge is -2.36. The number of carboxylic acid groups (broad SMARTS) is 1. The molecule has 8 rings (SSSR count). The van der Waals surface area contributed by atoms with Crippen molar-refractivity contribution < 1.29 is 44.0 Å². The van der Waals surface area contributed by atoms with Crippen LogP contribution in [0.2, 0.25) is 0 Å². The highest BCUT2D eigenvalue weighted by molar-refractivity contribution is 6.23. The number of piperazine rings is 1. The van der Waals surface area contributed by atoms with Crippen molar-refractivity contribution in [2.24, 2.45) is 0 Å². The highest BCUT2D eigenvalue weighted by atomic mass is 16.5. The van der Waals surface area contributed by atoms with E-state index in [1.807, 2.05) is 0 Å². The molecule has 0 aliphatic carbocycles. The van der Waals surface area contributed by atoms with Crippen LogP contribution in [0.15, 0.2) is 84.6 Å². The summed E-state index contributed by atoms with van der Waals surface area (Å²) in [5.74, 6) is -6.64. The van der Waals surface area contributed by atoms with E-state index in [4.69, 9.17) is 9.47 Å². The molecule has 1 saturated heterocycles. The quantitative estimate of drug-likeness (QED) is 0.0744. The molecular weight excluding hydrogens is 807 g/mol. The van der Waals surface area contributed by atoms with Gasteiger partial charge in [-0.25, -0.2) is 9.59 Å². The molecule has 1 aliphatic rings. The molecule has 7 aromatic rings. The summed E-state index contributed by atoms with van der Waals surface area (Å²) < 4.78 is 12.2. The van der Waals surface area contributed by atoms with Crippen molar-refractivity contribution in [2.75, 3.05) is 13.7 Å². The Labute approximate surface area is 347 Å². The van der Waals surface area contributed by atoms with Gasteiger partial charge in [-0.3, -0.25) is 33.6 Å². The number of benzene rings is 6. The van der Waals surface area contributed by atoms with Gasteiger partial charge in [-0.1, -0.05) is 32.0 Å². The molecule has 17 heteroatoms. The van der Waals surface area contributed by atoms with Gasteiger partial charge in [0.25, 0.3) is 5.56 Å². The third-order valence-corrected chi connectivity index (χ3v) is 11.7. The van der Waals surface area contributed by atoms with E-state index in [9.17, 15) is 58.5 Å². The van der Waals surface area contributed by atoms with Gasteiger partial charge < -0.3 is 39.6 Å². The Morgan fingerprint density at radius 1 is 0.790 bits per heavy atom. The number of nitrogens with one attached hydrogen (secondary N) is 1. The van der Waals surface area contributed by atoms with Gasteiger partial charge in [0.1, 0.15) is 41.6 Å². The number of rotatable bonds is 8.